The fourth-order valence-electron chi connectivity index (χ4n) is 1.38. The minimum Gasteiger partial charge on any atom is -0.346 e. The molecule has 0 aliphatic heterocycles. The van der Waals surface area contributed by atoms with Crippen LogP contribution in [0.5, 0.6) is 0 Å². The molecule has 3 nitrogen and oxygen atoms in total. The molecule has 0 amide bonds. The number of nitrogens with one attached hydrogen (secondary N) is 1. The summed E-state index contributed by atoms with van der Waals surface area (Å²) in [6.45, 7) is 14.2. The maximum atomic E-state index is 4.54. The van der Waals surface area contributed by atoms with Crippen LogP contribution in [-0.2, 0) is 6.54 Å². The van der Waals surface area contributed by atoms with E-state index in [0.717, 1.165) is 18.1 Å². The monoisotopic (exact) mass is 269 g/mol. The van der Waals surface area contributed by atoms with E-state index in [1.54, 1.807) is 11.3 Å². The Kier molecular flexibility index (Phi) is 4.78. The second kappa shape index (κ2) is 5.57. The third-order valence-corrected chi connectivity index (χ3v) is 4.47. The van der Waals surface area contributed by atoms with E-state index in [-0.39, 0.29) is 11.1 Å². The first-order valence-electron chi connectivity index (χ1n) is 6.59. The molecular formula is C14H27N3S. The van der Waals surface area contributed by atoms with E-state index in [4.69, 9.17) is 0 Å². The zero-order chi connectivity index (χ0) is 14.0. The summed E-state index contributed by atoms with van der Waals surface area (Å²) in [7, 11) is 2.13. The molecule has 0 unspecified atom stereocenters. The summed E-state index contributed by atoms with van der Waals surface area (Å²) in [6, 6.07) is 0. The van der Waals surface area contributed by atoms with Crippen molar-refractivity contribution in [3.05, 3.63) is 11.1 Å². The van der Waals surface area contributed by atoms with Gasteiger partial charge in [-0.05, 0) is 41.0 Å². The number of nitrogens with zero attached hydrogens (tertiary/aromatic N) is 2. The topological polar surface area (TPSA) is 28.2 Å². The number of hydrogen-bond donors (Lipinski definition) is 1. The molecule has 1 N–H and O–H groups in total. The van der Waals surface area contributed by atoms with Crippen LogP contribution in [0.15, 0.2) is 6.20 Å². The van der Waals surface area contributed by atoms with Crippen molar-refractivity contribution in [3.8, 4) is 0 Å². The van der Waals surface area contributed by atoms with Crippen molar-refractivity contribution in [1.29, 1.82) is 0 Å². The Bertz CT molecular complexity index is 377. The number of rotatable bonds is 5. The van der Waals surface area contributed by atoms with Crippen LogP contribution in [-0.4, -0.2) is 23.1 Å². The SMILES string of the molecule is CCC(C)(C)N(C)c1ncc(CNC(C)(C)C)s1. The van der Waals surface area contributed by atoms with Crippen molar-refractivity contribution in [3.63, 3.8) is 0 Å². The molecule has 4 heteroatoms. The molecule has 1 rings (SSSR count). The fourth-order valence-corrected chi connectivity index (χ4v) is 2.36. The average molecular weight is 269 g/mol. The fraction of sp³-hybridized carbons (Fsp3) is 0.786. The summed E-state index contributed by atoms with van der Waals surface area (Å²) >= 11 is 1.78. The first kappa shape index (κ1) is 15.4. The molecule has 0 fully saturated rings. The molecule has 18 heavy (non-hydrogen) atoms. The molecule has 1 aromatic heterocycles. The van der Waals surface area contributed by atoms with Crippen LogP contribution in [0.3, 0.4) is 0 Å². The average Bonchev–Trinajstić information content (AvgIpc) is 2.73. The predicted molar refractivity (Wildman–Crippen MR) is 81.5 cm³/mol. The molecule has 0 saturated carbocycles. The first-order valence-corrected chi connectivity index (χ1v) is 7.41. The van der Waals surface area contributed by atoms with Crippen LogP contribution in [0.1, 0.15) is 52.8 Å². The van der Waals surface area contributed by atoms with Gasteiger partial charge in [0.2, 0.25) is 0 Å². The van der Waals surface area contributed by atoms with Crippen LogP contribution >= 0.6 is 11.3 Å². The predicted octanol–water partition coefficient (Wildman–Crippen LogP) is 3.66. The van der Waals surface area contributed by atoms with Gasteiger partial charge in [-0.3, -0.25) is 0 Å². The quantitative estimate of drug-likeness (QED) is 0.884. The molecular weight excluding hydrogens is 242 g/mol. The van der Waals surface area contributed by atoms with Gasteiger partial charge in [0.15, 0.2) is 5.13 Å². The lowest BCUT2D eigenvalue weighted by Gasteiger charge is -2.34. The zero-order valence-corrected chi connectivity index (χ0v) is 13.6. The van der Waals surface area contributed by atoms with Crippen molar-refractivity contribution in [2.24, 2.45) is 0 Å². The highest BCUT2D eigenvalue weighted by molar-refractivity contribution is 7.15. The Labute approximate surface area is 116 Å². The van der Waals surface area contributed by atoms with Crippen LogP contribution in [0, 0.1) is 0 Å². The molecule has 0 atom stereocenters. The normalized spacial score (nSPS) is 12.8. The summed E-state index contributed by atoms with van der Waals surface area (Å²) < 4.78 is 0. The van der Waals surface area contributed by atoms with Crippen molar-refractivity contribution in [2.75, 3.05) is 11.9 Å². The maximum Gasteiger partial charge on any atom is 0.185 e. The lowest BCUT2D eigenvalue weighted by molar-refractivity contribution is 0.426. The molecule has 0 spiro atoms. The van der Waals surface area contributed by atoms with Crippen molar-refractivity contribution >= 4 is 16.5 Å². The number of thiazole rings is 1. The van der Waals surface area contributed by atoms with Gasteiger partial charge < -0.3 is 10.2 Å². The summed E-state index contributed by atoms with van der Waals surface area (Å²) in [5, 5.41) is 4.60. The van der Waals surface area contributed by atoms with Crippen LogP contribution in [0.4, 0.5) is 5.13 Å². The standard InChI is InChI=1S/C14H27N3S/c1-8-14(5,6)17(7)12-15-9-11(18-12)10-16-13(2,3)4/h9,16H,8,10H2,1-7H3. The largest absolute Gasteiger partial charge is 0.346 e. The van der Waals surface area contributed by atoms with Gasteiger partial charge in [-0.25, -0.2) is 4.98 Å². The molecule has 1 heterocycles. The molecule has 1 aromatic rings. The Morgan fingerprint density at radius 1 is 1.28 bits per heavy atom. The molecule has 0 bridgehead atoms. The van der Waals surface area contributed by atoms with Gasteiger partial charge in [0.25, 0.3) is 0 Å². The van der Waals surface area contributed by atoms with E-state index in [0.29, 0.717) is 0 Å². The zero-order valence-electron chi connectivity index (χ0n) is 12.8. The van der Waals surface area contributed by atoms with E-state index in [9.17, 15) is 0 Å². The first-order chi connectivity index (χ1) is 8.15. The van der Waals surface area contributed by atoms with E-state index in [1.807, 2.05) is 6.20 Å². The summed E-state index contributed by atoms with van der Waals surface area (Å²) in [4.78, 5) is 8.10. The van der Waals surface area contributed by atoms with E-state index in [1.165, 1.54) is 4.88 Å². The molecule has 0 saturated heterocycles. The lowest BCUT2D eigenvalue weighted by Crippen LogP contribution is -2.40. The number of hydrogen-bond acceptors (Lipinski definition) is 4. The van der Waals surface area contributed by atoms with Gasteiger partial charge in [0, 0.05) is 35.7 Å². The van der Waals surface area contributed by atoms with Gasteiger partial charge in [0.1, 0.15) is 0 Å². The molecule has 104 valence electrons. The van der Waals surface area contributed by atoms with Crippen molar-refractivity contribution in [2.45, 2.75) is 65.6 Å². The Morgan fingerprint density at radius 2 is 1.89 bits per heavy atom. The van der Waals surface area contributed by atoms with E-state index < -0.39 is 0 Å². The van der Waals surface area contributed by atoms with Gasteiger partial charge in [0.05, 0.1) is 0 Å². The van der Waals surface area contributed by atoms with Crippen molar-refractivity contribution < 1.29 is 0 Å². The number of aromatic nitrogens is 1. The van der Waals surface area contributed by atoms with Gasteiger partial charge in [-0.2, -0.15) is 0 Å². The van der Waals surface area contributed by atoms with Crippen LogP contribution in [0.2, 0.25) is 0 Å². The van der Waals surface area contributed by atoms with Gasteiger partial charge in [-0.15, -0.1) is 11.3 Å². The molecule has 0 aromatic carbocycles. The Morgan fingerprint density at radius 3 is 2.39 bits per heavy atom. The smallest absolute Gasteiger partial charge is 0.185 e. The van der Waals surface area contributed by atoms with E-state index >= 15 is 0 Å². The van der Waals surface area contributed by atoms with Crippen molar-refractivity contribution in [1.82, 2.24) is 10.3 Å². The highest BCUT2D eigenvalue weighted by Crippen LogP contribution is 2.28. The second-order valence-electron chi connectivity index (χ2n) is 6.44. The molecule has 0 aliphatic carbocycles. The Balaban J connectivity index is 2.69. The summed E-state index contributed by atoms with van der Waals surface area (Å²) in [5.74, 6) is 0. The van der Waals surface area contributed by atoms with E-state index in [2.05, 4.69) is 63.8 Å². The van der Waals surface area contributed by atoms with Gasteiger partial charge >= 0.3 is 0 Å². The molecule has 0 radical (unpaired) electrons. The maximum absolute atomic E-state index is 4.54. The molecule has 0 aliphatic rings. The lowest BCUT2D eigenvalue weighted by atomic mass is 10.0. The summed E-state index contributed by atoms with van der Waals surface area (Å²) in [6.07, 6.45) is 3.10. The third-order valence-electron chi connectivity index (χ3n) is 3.39. The highest BCUT2D eigenvalue weighted by Gasteiger charge is 2.23. The number of anilines is 1. The third kappa shape index (κ3) is 4.25. The Hall–Kier alpha value is -0.610. The van der Waals surface area contributed by atoms with Crippen LogP contribution < -0.4 is 10.2 Å². The van der Waals surface area contributed by atoms with Gasteiger partial charge in [-0.1, -0.05) is 6.92 Å². The second-order valence-corrected chi connectivity index (χ2v) is 7.53. The highest BCUT2D eigenvalue weighted by atomic mass is 32.1. The van der Waals surface area contributed by atoms with Crippen LogP contribution in [0.25, 0.3) is 0 Å². The summed E-state index contributed by atoms with van der Waals surface area (Å²) in [5.41, 5.74) is 0.311. The minimum atomic E-state index is 0.152. The minimum absolute atomic E-state index is 0.152.